The summed E-state index contributed by atoms with van der Waals surface area (Å²) in [5, 5.41) is 21.4. The summed E-state index contributed by atoms with van der Waals surface area (Å²) in [5.74, 6) is -0.908. The third-order valence-corrected chi connectivity index (χ3v) is 4.06. The molecule has 0 bridgehead atoms. The van der Waals surface area contributed by atoms with Crippen molar-refractivity contribution in [1.82, 2.24) is 0 Å². The molecule has 1 unspecified atom stereocenters. The van der Waals surface area contributed by atoms with E-state index in [1.165, 1.54) is 11.6 Å². The van der Waals surface area contributed by atoms with Gasteiger partial charge in [0.15, 0.2) is 0 Å². The normalized spacial score (nSPS) is 14.0. The molecular weight excluding hydrogens is 279 g/mol. The molecule has 0 radical (unpaired) electrons. The molecule has 1 atom stereocenters. The molecule has 0 saturated carbocycles. The van der Waals surface area contributed by atoms with E-state index in [2.05, 4.69) is 11.4 Å². The van der Waals surface area contributed by atoms with Gasteiger partial charge in [-0.2, -0.15) is 5.26 Å². The average Bonchev–Trinajstić information content (AvgIpc) is 3.01. The summed E-state index contributed by atoms with van der Waals surface area (Å²) in [4.78, 5) is 0. The van der Waals surface area contributed by atoms with E-state index in [1.54, 1.807) is 12.1 Å². The van der Waals surface area contributed by atoms with Crippen molar-refractivity contribution in [3.8, 4) is 17.2 Å². The van der Waals surface area contributed by atoms with Gasteiger partial charge in [0.2, 0.25) is 0 Å². The van der Waals surface area contributed by atoms with Crippen molar-refractivity contribution in [2.24, 2.45) is 5.92 Å². The number of nitriles is 1. The van der Waals surface area contributed by atoms with E-state index >= 15 is 0 Å². The third kappa shape index (κ3) is 2.81. The molecule has 0 aromatic heterocycles. The molecule has 1 aliphatic heterocycles. The van der Waals surface area contributed by atoms with Crippen LogP contribution in [-0.2, 0) is 12.8 Å². The van der Waals surface area contributed by atoms with Crippen LogP contribution in [0.4, 0.5) is 10.1 Å². The van der Waals surface area contributed by atoms with E-state index in [0.717, 1.165) is 29.8 Å². The Hall–Kier alpha value is -2.38. The van der Waals surface area contributed by atoms with Crippen molar-refractivity contribution in [3.63, 3.8) is 0 Å². The summed E-state index contributed by atoms with van der Waals surface area (Å²) >= 11 is 0. The van der Waals surface area contributed by atoms with Crippen molar-refractivity contribution < 1.29 is 9.50 Å². The van der Waals surface area contributed by atoms with Gasteiger partial charge >= 0.3 is 0 Å². The Labute approximate surface area is 129 Å². The number of hydrogen-bond acceptors (Lipinski definition) is 3. The van der Waals surface area contributed by atoms with Gasteiger partial charge in [-0.1, -0.05) is 12.1 Å². The van der Waals surface area contributed by atoms with Crippen LogP contribution in [0.2, 0.25) is 0 Å². The first-order valence-corrected chi connectivity index (χ1v) is 7.37. The van der Waals surface area contributed by atoms with Crippen molar-refractivity contribution in [2.45, 2.75) is 12.8 Å². The van der Waals surface area contributed by atoms with E-state index in [4.69, 9.17) is 10.4 Å². The lowest BCUT2D eigenvalue weighted by atomic mass is 9.95. The van der Waals surface area contributed by atoms with Crippen molar-refractivity contribution >= 4 is 5.69 Å². The summed E-state index contributed by atoms with van der Waals surface area (Å²) in [7, 11) is 0. The van der Waals surface area contributed by atoms with E-state index in [-0.39, 0.29) is 18.8 Å². The number of benzene rings is 2. The smallest absolute Gasteiger partial charge is 0.126 e. The highest BCUT2D eigenvalue weighted by atomic mass is 19.1. The van der Waals surface area contributed by atoms with Gasteiger partial charge in [0, 0.05) is 12.2 Å². The van der Waals surface area contributed by atoms with Crippen LogP contribution >= 0.6 is 0 Å². The van der Waals surface area contributed by atoms with Crippen LogP contribution in [0.25, 0.3) is 11.1 Å². The molecule has 2 aromatic carbocycles. The molecular formula is C18H17FN2O. The van der Waals surface area contributed by atoms with Crippen LogP contribution < -0.4 is 5.32 Å². The van der Waals surface area contributed by atoms with E-state index in [9.17, 15) is 4.39 Å². The van der Waals surface area contributed by atoms with Gasteiger partial charge in [0.25, 0.3) is 0 Å². The second-order valence-corrected chi connectivity index (χ2v) is 5.57. The minimum Gasteiger partial charge on any atom is -0.395 e. The Kier molecular flexibility index (Phi) is 4.08. The molecule has 0 amide bonds. The molecule has 22 heavy (non-hydrogen) atoms. The van der Waals surface area contributed by atoms with Gasteiger partial charge in [0.1, 0.15) is 5.82 Å². The maximum atomic E-state index is 13.9. The number of anilines is 1. The summed E-state index contributed by atoms with van der Waals surface area (Å²) in [6, 6.07) is 13.1. The SMILES string of the molecule is N#CC(CO)Cc1cc(-c2ccc3c(c2)CCN3)ccc1F. The number of nitrogens with one attached hydrogen (secondary N) is 1. The highest BCUT2D eigenvalue weighted by Gasteiger charge is 2.14. The highest BCUT2D eigenvalue weighted by molar-refractivity contribution is 5.70. The third-order valence-electron chi connectivity index (χ3n) is 4.06. The first-order chi connectivity index (χ1) is 10.7. The molecule has 112 valence electrons. The Morgan fingerprint density at radius 2 is 2.00 bits per heavy atom. The molecule has 0 aliphatic carbocycles. The maximum Gasteiger partial charge on any atom is 0.126 e. The van der Waals surface area contributed by atoms with E-state index in [0.29, 0.717) is 5.56 Å². The quantitative estimate of drug-likeness (QED) is 0.911. The van der Waals surface area contributed by atoms with Crippen LogP contribution in [0.5, 0.6) is 0 Å². The average molecular weight is 296 g/mol. The topological polar surface area (TPSA) is 56.0 Å². The Balaban J connectivity index is 1.93. The molecule has 2 aromatic rings. The van der Waals surface area contributed by atoms with Gasteiger partial charge in [-0.05, 0) is 59.4 Å². The van der Waals surface area contributed by atoms with Crippen LogP contribution in [0.15, 0.2) is 36.4 Å². The van der Waals surface area contributed by atoms with Crippen LogP contribution in [0.3, 0.4) is 0 Å². The lowest BCUT2D eigenvalue weighted by Gasteiger charge is -2.10. The lowest BCUT2D eigenvalue weighted by molar-refractivity contribution is 0.255. The molecule has 3 rings (SSSR count). The summed E-state index contributed by atoms with van der Waals surface area (Å²) < 4.78 is 13.9. The van der Waals surface area contributed by atoms with E-state index < -0.39 is 5.92 Å². The fraction of sp³-hybridized carbons (Fsp3) is 0.278. The van der Waals surface area contributed by atoms with Crippen LogP contribution in [0, 0.1) is 23.1 Å². The zero-order chi connectivity index (χ0) is 15.5. The predicted octanol–water partition coefficient (Wildman–Crippen LogP) is 3.14. The Morgan fingerprint density at radius 1 is 1.23 bits per heavy atom. The van der Waals surface area contributed by atoms with Gasteiger partial charge in [-0.25, -0.2) is 4.39 Å². The zero-order valence-electron chi connectivity index (χ0n) is 12.1. The fourth-order valence-corrected chi connectivity index (χ4v) is 2.81. The second kappa shape index (κ2) is 6.17. The summed E-state index contributed by atoms with van der Waals surface area (Å²) in [6.45, 7) is 0.693. The van der Waals surface area contributed by atoms with Gasteiger partial charge < -0.3 is 10.4 Å². The fourth-order valence-electron chi connectivity index (χ4n) is 2.81. The minimum atomic E-state index is -0.575. The summed E-state index contributed by atoms with van der Waals surface area (Å²) in [6.07, 6.45) is 1.22. The van der Waals surface area contributed by atoms with Crippen LogP contribution in [0.1, 0.15) is 11.1 Å². The number of hydrogen-bond donors (Lipinski definition) is 2. The monoisotopic (exact) mass is 296 g/mol. The number of rotatable bonds is 4. The Bertz CT molecular complexity index is 736. The van der Waals surface area contributed by atoms with Crippen molar-refractivity contribution in [3.05, 3.63) is 53.3 Å². The molecule has 0 spiro atoms. The van der Waals surface area contributed by atoms with Crippen molar-refractivity contribution in [1.29, 1.82) is 5.26 Å². The molecule has 0 saturated heterocycles. The molecule has 0 fully saturated rings. The molecule has 1 aliphatic rings. The van der Waals surface area contributed by atoms with Gasteiger partial charge in [-0.15, -0.1) is 0 Å². The minimum absolute atomic E-state index is 0.221. The second-order valence-electron chi connectivity index (χ2n) is 5.57. The largest absolute Gasteiger partial charge is 0.395 e. The van der Waals surface area contributed by atoms with E-state index in [1.807, 2.05) is 18.2 Å². The molecule has 4 heteroatoms. The van der Waals surface area contributed by atoms with Crippen LogP contribution in [-0.4, -0.2) is 18.3 Å². The first kappa shape index (κ1) is 14.6. The van der Waals surface area contributed by atoms with Crippen molar-refractivity contribution in [2.75, 3.05) is 18.5 Å². The number of aliphatic hydroxyl groups excluding tert-OH is 1. The molecule has 3 nitrogen and oxygen atoms in total. The maximum absolute atomic E-state index is 13.9. The molecule has 2 N–H and O–H groups in total. The number of fused-ring (bicyclic) bond motifs is 1. The summed E-state index contributed by atoms with van der Waals surface area (Å²) in [5.41, 5.74) is 4.88. The lowest BCUT2D eigenvalue weighted by Crippen LogP contribution is -2.08. The first-order valence-electron chi connectivity index (χ1n) is 7.37. The highest BCUT2D eigenvalue weighted by Crippen LogP contribution is 2.30. The number of halogens is 1. The number of aliphatic hydroxyl groups is 1. The Morgan fingerprint density at radius 3 is 2.77 bits per heavy atom. The van der Waals surface area contributed by atoms with Gasteiger partial charge in [0.05, 0.1) is 18.6 Å². The zero-order valence-corrected chi connectivity index (χ0v) is 12.1. The van der Waals surface area contributed by atoms with Gasteiger partial charge in [-0.3, -0.25) is 0 Å². The predicted molar refractivity (Wildman–Crippen MR) is 83.9 cm³/mol. The number of nitrogens with zero attached hydrogens (tertiary/aromatic N) is 1. The standard InChI is InChI=1S/C18H17FN2O/c19-17-3-1-13(9-16(17)7-12(10-20)11-22)14-2-4-18-15(8-14)5-6-21-18/h1-4,8-9,12,21-22H,5-7,11H2. The molecule has 1 heterocycles.